The van der Waals surface area contributed by atoms with E-state index in [1.54, 1.807) is 18.2 Å². The van der Waals surface area contributed by atoms with Gasteiger partial charge in [-0.25, -0.2) is 4.79 Å². The standard InChI is InChI=1S/C20H21Cl2NO4/c1-12(2)14-8-7-13(3)9-17(14)26-11-19(25)27-10-18(24)23-16-6-4-5-15(21)20(16)22/h4-9,12H,10-11H2,1-3H3,(H,23,24). The van der Waals surface area contributed by atoms with Crippen molar-refractivity contribution in [3.05, 3.63) is 57.6 Å². The van der Waals surface area contributed by atoms with Crippen LogP contribution in [-0.2, 0) is 14.3 Å². The summed E-state index contributed by atoms with van der Waals surface area (Å²) < 4.78 is 10.5. The summed E-state index contributed by atoms with van der Waals surface area (Å²) in [5.41, 5.74) is 2.38. The highest BCUT2D eigenvalue weighted by Crippen LogP contribution is 2.29. The molecule has 0 spiro atoms. The van der Waals surface area contributed by atoms with E-state index in [4.69, 9.17) is 32.7 Å². The van der Waals surface area contributed by atoms with E-state index in [-0.39, 0.29) is 17.5 Å². The van der Waals surface area contributed by atoms with Crippen molar-refractivity contribution in [1.29, 1.82) is 0 Å². The first-order valence-corrected chi connectivity index (χ1v) is 9.16. The molecule has 0 aromatic heterocycles. The Morgan fingerprint density at radius 2 is 1.85 bits per heavy atom. The molecular weight excluding hydrogens is 389 g/mol. The number of benzene rings is 2. The van der Waals surface area contributed by atoms with Crippen LogP contribution < -0.4 is 10.1 Å². The molecule has 27 heavy (non-hydrogen) atoms. The smallest absolute Gasteiger partial charge is 0.344 e. The average Bonchev–Trinajstić information content (AvgIpc) is 2.62. The Labute approximate surface area is 168 Å². The van der Waals surface area contributed by atoms with Crippen LogP contribution in [0.1, 0.15) is 30.9 Å². The van der Waals surface area contributed by atoms with E-state index in [0.717, 1.165) is 11.1 Å². The zero-order valence-electron chi connectivity index (χ0n) is 15.3. The molecule has 0 aliphatic carbocycles. The minimum atomic E-state index is -0.640. The minimum Gasteiger partial charge on any atom is -0.482 e. The third-order valence-electron chi connectivity index (χ3n) is 3.73. The molecule has 7 heteroatoms. The number of carbonyl (C=O) groups is 2. The van der Waals surface area contributed by atoms with E-state index < -0.39 is 18.5 Å². The zero-order chi connectivity index (χ0) is 20.0. The molecule has 0 atom stereocenters. The fraction of sp³-hybridized carbons (Fsp3) is 0.300. The van der Waals surface area contributed by atoms with Crippen molar-refractivity contribution in [3.8, 4) is 5.75 Å². The summed E-state index contributed by atoms with van der Waals surface area (Å²) in [6.45, 7) is 5.30. The molecule has 0 aliphatic heterocycles. The van der Waals surface area contributed by atoms with Gasteiger partial charge in [-0.05, 0) is 42.2 Å². The van der Waals surface area contributed by atoms with E-state index in [0.29, 0.717) is 16.5 Å². The average molecular weight is 410 g/mol. The van der Waals surface area contributed by atoms with Gasteiger partial charge in [-0.3, -0.25) is 4.79 Å². The molecule has 144 valence electrons. The predicted molar refractivity (Wildman–Crippen MR) is 107 cm³/mol. The molecule has 2 rings (SSSR count). The second-order valence-corrected chi connectivity index (χ2v) is 7.08. The summed E-state index contributed by atoms with van der Waals surface area (Å²) in [6, 6.07) is 10.7. The lowest BCUT2D eigenvalue weighted by molar-refractivity contribution is -0.149. The first kappa shape index (κ1) is 21.1. The normalized spacial score (nSPS) is 10.6. The molecule has 0 saturated heterocycles. The summed E-state index contributed by atoms with van der Waals surface area (Å²) >= 11 is 11.9. The lowest BCUT2D eigenvalue weighted by atomic mass is 10.0. The molecule has 0 unspecified atom stereocenters. The molecule has 2 aromatic rings. The predicted octanol–water partition coefficient (Wildman–Crippen LogP) is 4.99. The quantitative estimate of drug-likeness (QED) is 0.654. The van der Waals surface area contributed by atoms with Gasteiger partial charge >= 0.3 is 5.97 Å². The van der Waals surface area contributed by atoms with Gasteiger partial charge in [0.2, 0.25) is 0 Å². The van der Waals surface area contributed by atoms with Gasteiger partial charge in [-0.2, -0.15) is 0 Å². The van der Waals surface area contributed by atoms with Gasteiger partial charge in [0.1, 0.15) is 5.75 Å². The van der Waals surface area contributed by atoms with Crippen molar-refractivity contribution in [2.24, 2.45) is 0 Å². The Hall–Kier alpha value is -2.24. The number of ether oxygens (including phenoxy) is 2. The maximum atomic E-state index is 11.9. The van der Waals surface area contributed by atoms with Gasteiger partial charge < -0.3 is 14.8 Å². The molecule has 5 nitrogen and oxygen atoms in total. The largest absolute Gasteiger partial charge is 0.482 e. The van der Waals surface area contributed by atoms with Crippen LogP contribution in [0, 0.1) is 6.92 Å². The van der Waals surface area contributed by atoms with Crippen LogP contribution in [0.4, 0.5) is 5.69 Å². The Morgan fingerprint density at radius 3 is 2.56 bits per heavy atom. The first-order chi connectivity index (χ1) is 12.8. The summed E-state index contributed by atoms with van der Waals surface area (Å²) in [4.78, 5) is 23.8. The first-order valence-electron chi connectivity index (χ1n) is 8.40. The second-order valence-electron chi connectivity index (χ2n) is 6.29. The van der Waals surface area contributed by atoms with Crippen molar-refractivity contribution < 1.29 is 19.1 Å². The number of rotatable bonds is 7. The topological polar surface area (TPSA) is 64.6 Å². The number of aryl methyl sites for hydroxylation is 1. The van der Waals surface area contributed by atoms with Gasteiger partial charge in [0.05, 0.1) is 15.7 Å². The molecule has 0 aliphatic rings. The fourth-order valence-electron chi connectivity index (χ4n) is 2.35. The van der Waals surface area contributed by atoms with E-state index >= 15 is 0 Å². The van der Waals surface area contributed by atoms with Gasteiger partial charge in [-0.1, -0.05) is 55.2 Å². The summed E-state index contributed by atoms with van der Waals surface area (Å²) in [6.07, 6.45) is 0. The lowest BCUT2D eigenvalue weighted by Crippen LogP contribution is -2.24. The number of esters is 1. The molecule has 0 heterocycles. The molecule has 0 saturated carbocycles. The van der Waals surface area contributed by atoms with Crippen molar-refractivity contribution in [1.82, 2.24) is 0 Å². The number of halogens is 2. The van der Waals surface area contributed by atoms with Crippen molar-refractivity contribution >= 4 is 40.8 Å². The second kappa shape index (κ2) is 9.62. The third kappa shape index (κ3) is 6.15. The molecule has 0 fully saturated rings. The van der Waals surface area contributed by atoms with E-state index in [1.165, 1.54) is 0 Å². The Bertz CT molecular complexity index is 837. The van der Waals surface area contributed by atoms with Crippen LogP contribution in [-0.4, -0.2) is 25.1 Å². The van der Waals surface area contributed by atoms with E-state index in [9.17, 15) is 9.59 Å². The van der Waals surface area contributed by atoms with Crippen LogP contribution >= 0.6 is 23.2 Å². The number of amides is 1. The Kier molecular flexibility index (Phi) is 7.51. The zero-order valence-corrected chi connectivity index (χ0v) is 16.9. The highest BCUT2D eigenvalue weighted by molar-refractivity contribution is 6.44. The molecule has 1 N–H and O–H groups in total. The summed E-state index contributed by atoms with van der Waals surface area (Å²) in [5, 5.41) is 3.08. The monoisotopic (exact) mass is 409 g/mol. The number of hydrogen-bond acceptors (Lipinski definition) is 4. The van der Waals surface area contributed by atoms with Crippen LogP contribution in [0.3, 0.4) is 0 Å². The van der Waals surface area contributed by atoms with Crippen LogP contribution in [0.5, 0.6) is 5.75 Å². The van der Waals surface area contributed by atoms with Crippen molar-refractivity contribution in [3.63, 3.8) is 0 Å². The molecular formula is C20H21Cl2NO4. The molecule has 1 amide bonds. The third-order valence-corrected chi connectivity index (χ3v) is 4.55. The fourth-order valence-corrected chi connectivity index (χ4v) is 2.70. The Morgan fingerprint density at radius 1 is 1.11 bits per heavy atom. The van der Waals surface area contributed by atoms with Gasteiger partial charge in [0.15, 0.2) is 13.2 Å². The van der Waals surface area contributed by atoms with Crippen LogP contribution in [0.2, 0.25) is 10.0 Å². The van der Waals surface area contributed by atoms with Crippen LogP contribution in [0.15, 0.2) is 36.4 Å². The summed E-state index contributed by atoms with van der Waals surface area (Å²) in [7, 11) is 0. The number of hydrogen-bond donors (Lipinski definition) is 1. The van der Waals surface area contributed by atoms with Gasteiger partial charge in [0.25, 0.3) is 5.91 Å². The maximum Gasteiger partial charge on any atom is 0.344 e. The number of nitrogens with one attached hydrogen (secondary N) is 1. The SMILES string of the molecule is Cc1ccc(C(C)C)c(OCC(=O)OCC(=O)Nc2cccc(Cl)c2Cl)c1. The summed E-state index contributed by atoms with van der Waals surface area (Å²) in [5.74, 6) is -0.272. The number of anilines is 1. The molecule has 2 aromatic carbocycles. The Balaban J connectivity index is 1.85. The van der Waals surface area contributed by atoms with E-state index in [2.05, 4.69) is 5.32 Å². The lowest BCUT2D eigenvalue weighted by Gasteiger charge is -2.14. The molecule has 0 radical (unpaired) electrons. The molecule has 0 bridgehead atoms. The number of carbonyl (C=O) groups excluding carboxylic acids is 2. The van der Waals surface area contributed by atoms with Gasteiger partial charge in [0, 0.05) is 0 Å². The van der Waals surface area contributed by atoms with Crippen LogP contribution in [0.25, 0.3) is 0 Å². The van der Waals surface area contributed by atoms with E-state index in [1.807, 2.05) is 39.0 Å². The minimum absolute atomic E-state index is 0.225. The van der Waals surface area contributed by atoms with Crippen molar-refractivity contribution in [2.45, 2.75) is 26.7 Å². The van der Waals surface area contributed by atoms with Crippen molar-refractivity contribution in [2.75, 3.05) is 18.5 Å². The highest BCUT2D eigenvalue weighted by Gasteiger charge is 2.13. The highest BCUT2D eigenvalue weighted by atomic mass is 35.5. The van der Waals surface area contributed by atoms with Gasteiger partial charge in [-0.15, -0.1) is 0 Å². The maximum absolute atomic E-state index is 11.9.